The van der Waals surface area contributed by atoms with E-state index in [4.69, 9.17) is 35.8 Å². The van der Waals surface area contributed by atoms with Crippen LogP contribution in [0.4, 0.5) is 0 Å². The van der Waals surface area contributed by atoms with Gasteiger partial charge in [0.05, 0.1) is 13.7 Å². The summed E-state index contributed by atoms with van der Waals surface area (Å²) in [7, 11) is 3.05. The Morgan fingerprint density at radius 2 is 1.95 bits per heavy atom. The molecule has 0 unspecified atom stereocenters. The third kappa shape index (κ3) is 5.10. The highest BCUT2D eigenvalue weighted by Gasteiger charge is 2.30. The van der Waals surface area contributed by atoms with Gasteiger partial charge >= 0.3 is 5.97 Å². The maximum Gasteiger partial charge on any atom is 0.361 e. The molecule has 0 saturated carbocycles. The molecule has 1 fully saturated rings. The third-order valence-corrected chi connectivity index (χ3v) is 6.84. The monoisotopic (exact) mass is 539 g/mol. The topological polar surface area (TPSA) is 81.4 Å². The minimum absolute atomic E-state index is 0.0792. The number of fused-ring (bicyclic) bond motifs is 1. The van der Waals surface area contributed by atoms with Crippen molar-refractivity contribution < 1.29 is 34.1 Å². The van der Waals surface area contributed by atoms with E-state index >= 15 is 0 Å². The first-order valence-corrected chi connectivity index (χ1v) is 12.4. The first-order valence-electron chi connectivity index (χ1n) is 14.1. The Kier molecular flexibility index (Phi) is 6.24. The molecule has 5 rings (SSSR count). The quantitative estimate of drug-likeness (QED) is 0.274. The molecular formula is C30H30ClNO6. The number of halogens is 1. The number of hydrogen-bond donors (Lipinski definition) is 1. The van der Waals surface area contributed by atoms with Crippen molar-refractivity contribution in [1.82, 2.24) is 5.06 Å². The van der Waals surface area contributed by atoms with Crippen LogP contribution in [0.2, 0.25) is 5.02 Å². The lowest BCUT2D eigenvalue weighted by molar-refractivity contribution is -0.121. The molecule has 0 bridgehead atoms. The number of benzene rings is 3. The van der Waals surface area contributed by atoms with Crippen molar-refractivity contribution in [3.05, 3.63) is 81.9 Å². The van der Waals surface area contributed by atoms with Gasteiger partial charge < -0.3 is 23.8 Å². The lowest BCUT2D eigenvalue weighted by Gasteiger charge is -2.30. The maximum absolute atomic E-state index is 14.0. The Morgan fingerprint density at radius 1 is 1.16 bits per heavy atom. The fourth-order valence-electron chi connectivity index (χ4n) is 4.63. The normalized spacial score (nSPS) is 18.8. The number of hydrogen-bond acceptors (Lipinski definition) is 7. The molecule has 1 N–H and O–H groups in total. The lowest BCUT2D eigenvalue weighted by Crippen LogP contribution is -2.35. The Balaban J connectivity index is 1.59. The molecule has 0 amide bonds. The predicted molar refractivity (Wildman–Crippen MR) is 146 cm³/mol. The van der Waals surface area contributed by atoms with Crippen molar-refractivity contribution in [3.8, 4) is 22.8 Å². The third-order valence-electron chi connectivity index (χ3n) is 6.61. The molecule has 0 atom stereocenters. The number of phenols is 1. The molecule has 198 valence electrons. The molecule has 4 aromatic rings. The van der Waals surface area contributed by atoms with Gasteiger partial charge in [-0.3, -0.25) is 0 Å². The minimum Gasteiger partial charge on any atom is -0.508 e. The molecule has 1 aliphatic heterocycles. The first kappa shape index (κ1) is 21.4. The molecule has 3 aromatic carbocycles. The molecule has 1 saturated heterocycles. The van der Waals surface area contributed by atoms with Crippen LogP contribution in [0.3, 0.4) is 0 Å². The van der Waals surface area contributed by atoms with Crippen LogP contribution in [-0.2, 0) is 16.2 Å². The van der Waals surface area contributed by atoms with E-state index < -0.39 is 24.9 Å². The van der Waals surface area contributed by atoms with Gasteiger partial charge in [-0.2, -0.15) is 0 Å². The van der Waals surface area contributed by atoms with Crippen molar-refractivity contribution >= 4 is 28.5 Å². The smallest absolute Gasteiger partial charge is 0.361 e. The fourth-order valence-corrected chi connectivity index (χ4v) is 4.83. The summed E-state index contributed by atoms with van der Waals surface area (Å²) in [6, 6.07) is 15.0. The van der Waals surface area contributed by atoms with Gasteiger partial charge in [0.15, 0.2) is 0 Å². The number of carbonyl (C=O) groups excluding carboxylic acids is 1. The van der Waals surface area contributed by atoms with Crippen molar-refractivity contribution in [2.24, 2.45) is 0 Å². The first-order chi connectivity index (χ1) is 19.9. The minimum atomic E-state index is -2.37. The SMILES string of the molecule is [2H]C1([2H])CC(c2cccc(Cl)c2)CC([2H])([2H])N1OC(=O)c1c(-c2ccc(OC)cc2COC)oc2ccc(O)c(C)c12. The summed E-state index contributed by atoms with van der Waals surface area (Å²) in [6.07, 6.45) is -0.287. The van der Waals surface area contributed by atoms with Crippen molar-refractivity contribution in [2.75, 3.05) is 27.2 Å². The summed E-state index contributed by atoms with van der Waals surface area (Å²) in [4.78, 5) is 19.6. The highest BCUT2D eigenvalue weighted by atomic mass is 35.5. The Morgan fingerprint density at radius 3 is 2.66 bits per heavy atom. The second-order valence-corrected chi connectivity index (χ2v) is 9.43. The van der Waals surface area contributed by atoms with Gasteiger partial charge in [-0.05, 0) is 79.3 Å². The molecular weight excluding hydrogens is 506 g/mol. The highest BCUT2D eigenvalue weighted by molar-refractivity contribution is 6.30. The average molecular weight is 540 g/mol. The molecule has 38 heavy (non-hydrogen) atoms. The van der Waals surface area contributed by atoms with E-state index in [1.807, 2.05) is 0 Å². The molecule has 0 radical (unpaired) electrons. The standard InChI is InChI=1S/C30H30ClNO6/c1-18-25(33)9-10-26-27(18)28(29(37-26)24-8-7-23(36-3)16-21(24)17-35-2)30(34)38-32-13-11-19(12-14-32)20-5-4-6-22(31)15-20/h4-10,15-16,19,33H,11-14,17H2,1-3H3/i13D2,14D2. The van der Waals surface area contributed by atoms with Crippen LogP contribution in [0.15, 0.2) is 59.0 Å². The molecule has 1 aliphatic rings. The zero-order valence-electron chi connectivity index (χ0n) is 25.2. The summed E-state index contributed by atoms with van der Waals surface area (Å²) >= 11 is 6.14. The van der Waals surface area contributed by atoms with Gasteiger partial charge in [0.1, 0.15) is 28.4 Å². The molecule has 7 nitrogen and oxygen atoms in total. The molecule has 2 heterocycles. The number of methoxy groups -OCH3 is 2. The molecule has 0 spiro atoms. The second-order valence-electron chi connectivity index (χ2n) is 8.99. The van der Waals surface area contributed by atoms with Crippen LogP contribution in [-0.4, -0.2) is 43.4 Å². The average Bonchev–Trinajstić information content (AvgIpc) is 3.32. The summed E-state index contributed by atoms with van der Waals surface area (Å²) in [5.74, 6) is -0.962. The zero-order valence-corrected chi connectivity index (χ0v) is 22.0. The van der Waals surface area contributed by atoms with E-state index in [-0.39, 0.29) is 47.5 Å². The summed E-state index contributed by atoms with van der Waals surface area (Å²) in [5.41, 5.74) is 2.38. The number of aromatic hydroxyl groups is 1. The van der Waals surface area contributed by atoms with E-state index in [0.29, 0.717) is 38.1 Å². The number of phenolic OH excluding ortho intramolecular Hbond substituents is 1. The molecule has 1 aromatic heterocycles. The van der Waals surface area contributed by atoms with E-state index in [0.717, 1.165) is 0 Å². The van der Waals surface area contributed by atoms with Gasteiger partial charge in [0.25, 0.3) is 0 Å². The van der Waals surface area contributed by atoms with Gasteiger partial charge in [0.2, 0.25) is 0 Å². The summed E-state index contributed by atoms with van der Waals surface area (Å²) < 4.78 is 51.8. The summed E-state index contributed by atoms with van der Waals surface area (Å²) in [5, 5.41) is 11.7. The van der Waals surface area contributed by atoms with E-state index in [2.05, 4.69) is 0 Å². The number of nitrogens with zero attached hydrogens (tertiary/aromatic N) is 1. The van der Waals surface area contributed by atoms with E-state index in [1.54, 1.807) is 49.4 Å². The van der Waals surface area contributed by atoms with Crippen LogP contribution in [0.5, 0.6) is 11.5 Å². The number of rotatable bonds is 7. The number of carbonyl (C=O) groups is 1. The molecule has 8 heteroatoms. The van der Waals surface area contributed by atoms with Crippen LogP contribution in [0.25, 0.3) is 22.3 Å². The highest BCUT2D eigenvalue weighted by Crippen LogP contribution is 2.41. The van der Waals surface area contributed by atoms with Crippen molar-refractivity contribution in [2.45, 2.75) is 32.3 Å². The van der Waals surface area contributed by atoms with E-state index in [9.17, 15) is 9.90 Å². The van der Waals surface area contributed by atoms with E-state index in [1.165, 1.54) is 26.4 Å². The Hall–Kier alpha value is -3.52. The van der Waals surface area contributed by atoms with Crippen molar-refractivity contribution in [1.29, 1.82) is 0 Å². The number of ether oxygens (including phenoxy) is 2. The van der Waals surface area contributed by atoms with Crippen LogP contribution in [0, 0.1) is 6.92 Å². The largest absolute Gasteiger partial charge is 0.508 e. The Bertz CT molecular complexity index is 1640. The summed E-state index contributed by atoms with van der Waals surface area (Å²) in [6.45, 7) is -2.97. The van der Waals surface area contributed by atoms with Gasteiger partial charge in [-0.15, -0.1) is 5.06 Å². The number of piperidine rings is 1. The number of hydroxylamine groups is 2. The van der Waals surface area contributed by atoms with Crippen LogP contribution in [0.1, 0.15) is 51.3 Å². The van der Waals surface area contributed by atoms with Gasteiger partial charge in [-0.25, -0.2) is 4.79 Å². The number of furan rings is 1. The fraction of sp³-hybridized carbons (Fsp3) is 0.300. The molecule has 0 aliphatic carbocycles. The van der Waals surface area contributed by atoms with Crippen LogP contribution >= 0.6 is 11.6 Å². The van der Waals surface area contributed by atoms with Crippen LogP contribution < -0.4 is 4.74 Å². The van der Waals surface area contributed by atoms with Gasteiger partial charge in [-0.1, -0.05) is 23.7 Å². The van der Waals surface area contributed by atoms with Gasteiger partial charge in [0, 0.05) is 47.1 Å². The maximum atomic E-state index is 14.0. The second kappa shape index (κ2) is 11.1. The Labute approximate surface area is 232 Å². The lowest BCUT2D eigenvalue weighted by atomic mass is 9.90. The zero-order chi connectivity index (χ0) is 30.4. The number of aryl methyl sites for hydroxylation is 1. The van der Waals surface area contributed by atoms with Crippen molar-refractivity contribution in [3.63, 3.8) is 0 Å². The predicted octanol–water partition coefficient (Wildman–Crippen LogP) is 6.87.